The first kappa shape index (κ1) is 43.5. The lowest BCUT2D eigenvalue weighted by Gasteiger charge is -2.70. The Labute approximate surface area is 337 Å². The number of allylic oxidation sites excluding steroid dienone is 2. The molecule has 16 heteroatoms. The lowest BCUT2D eigenvalue weighted by molar-refractivity contribution is -0.371. The van der Waals surface area contributed by atoms with Crippen LogP contribution >= 0.6 is 0 Å². The zero-order valence-corrected chi connectivity index (χ0v) is 34.4. The van der Waals surface area contributed by atoms with E-state index in [-0.39, 0.29) is 34.4 Å². The molecule has 326 valence electrons. The third-order valence-electron chi connectivity index (χ3n) is 17.2. The van der Waals surface area contributed by atoms with Gasteiger partial charge in [-0.2, -0.15) is 0 Å². The lowest BCUT2D eigenvalue weighted by atomic mass is 9.33. The first-order valence-corrected chi connectivity index (χ1v) is 20.7. The summed E-state index contributed by atoms with van der Waals surface area (Å²) in [4.78, 5) is 51.3. The molecule has 0 amide bonds. The van der Waals surface area contributed by atoms with Crippen LogP contribution in [0.3, 0.4) is 0 Å². The summed E-state index contributed by atoms with van der Waals surface area (Å²) >= 11 is 0. The van der Waals surface area contributed by atoms with Crippen LogP contribution in [-0.4, -0.2) is 132 Å². The van der Waals surface area contributed by atoms with Crippen LogP contribution < -0.4 is 0 Å². The molecule has 0 bridgehead atoms. The molecule has 0 aromatic heterocycles. The quantitative estimate of drug-likeness (QED) is 0.171. The predicted molar refractivity (Wildman–Crippen MR) is 199 cm³/mol. The van der Waals surface area contributed by atoms with Crippen molar-refractivity contribution >= 4 is 23.7 Å². The molecule has 7 aliphatic rings. The topological polar surface area (TPSA) is 267 Å². The molecule has 19 atom stereocenters. The molecule has 2 saturated heterocycles. The van der Waals surface area contributed by atoms with Crippen molar-refractivity contribution in [2.45, 2.75) is 174 Å². The second kappa shape index (κ2) is 14.3. The highest BCUT2D eigenvalue weighted by Gasteiger charge is 2.71. The number of ketones is 1. The lowest BCUT2D eigenvalue weighted by Crippen LogP contribution is -2.68. The number of aliphatic hydroxyl groups excluding tert-OH is 5. The minimum absolute atomic E-state index is 0.0217. The maximum atomic E-state index is 14.8. The molecule has 0 aromatic rings. The summed E-state index contributed by atoms with van der Waals surface area (Å²) in [6.07, 6.45) is -12.2. The van der Waals surface area contributed by atoms with Crippen LogP contribution in [0.25, 0.3) is 0 Å². The van der Waals surface area contributed by atoms with Gasteiger partial charge in [-0.25, -0.2) is 9.59 Å². The molecule has 0 spiro atoms. The Morgan fingerprint density at radius 2 is 1.28 bits per heavy atom. The van der Waals surface area contributed by atoms with Gasteiger partial charge in [-0.15, -0.1) is 0 Å². The second-order valence-corrected chi connectivity index (χ2v) is 20.6. The average Bonchev–Trinajstić information content (AvgIpc) is 3.13. The van der Waals surface area contributed by atoms with Crippen molar-refractivity contribution in [1.29, 1.82) is 0 Å². The normalized spacial score (nSPS) is 52.6. The summed E-state index contributed by atoms with van der Waals surface area (Å²) in [5.74, 6) is -4.47. The van der Waals surface area contributed by atoms with Gasteiger partial charge in [0.05, 0.1) is 11.5 Å². The number of carboxylic acids is 3. The van der Waals surface area contributed by atoms with Crippen molar-refractivity contribution in [3.63, 3.8) is 0 Å². The Balaban J connectivity index is 1.17. The van der Waals surface area contributed by atoms with Crippen LogP contribution in [0, 0.1) is 50.2 Å². The molecule has 4 saturated carbocycles. The van der Waals surface area contributed by atoms with Gasteiger partial charge >= 0.3 is 17.9 Å². The van der Waals surface area contributed by atoms with Crippen molar-refractivity contribution in [3.8, 4) is 0 Å². The summed E-state index contributed by atoms with van der Waals surface area (Å²) in [5, 5.41) is 83.0. The minimum Gasteiger partial charge on any atom is -0.481 e. The summed E-state index contributed by atoms with van der Waals surface area (Å²) in [7, 11) is 0. The van der Waals surface area contributed by atoms with E-state index in [9.17, 15) is 60.0 Å². The Morgan fingerprint density at radius 1 is 0.690 bits per heavy atom. The van der Waals surface area contributed by atoms with Gasteiger partial charge in [-0.3, -0.25) is 9.59 Å². The maximum absolute atomic E-state index is 14.8. The number of fused-ring (bicyclic) bond motifs is 7. The second-order valence-electron chi connectivity index (χ2n) is 20.6. The minimum atomic E-state index is -2.05. The van der Waals surface area contributed by atoms with Crippen molar-refractivity contribution in [2.24, 2.45) is 50.2 Å². The van der Waals surface area contributed by atoms with Gasteiger partial charge < -0.3 is 59.8 Å². The molecule has 7 rings (SSSR count). The molecule has 0 aromatic carbocycles. The number of carbonyl (C=O) groups excluding carboxylic acids is 1. The van der Waals surface area contributed by atoms with Crippen molar-refractivity contribution in [1.82, 2.24) is 0 Å². The molecule has 16 nitrogen and oxygen atoms in total. The molecular weight excluding hydrogens is 760 g/mol. The van der Waals surface area contributed by atoms with E-state index < -0.39 is 107 Å². The summed E-state index contributed by atoms with van der Waals surface area (Å²) in [5.41, 5.74) is -1.81. The van der Waals surface area contributed by atoms with Crippen LogP contribution in [0.1, 0.15) is 106 Å². The van der Waals surface area contributed by atoms with Crippen LogP contribution in [0.15, 0.2) is 11.6 Å². The summed E-state index contributed by atoms with van der Waals surface area (Å²) in [6.45, 7) is 14.8. The zero-order chi connectivity index (χ0) is 42.9. The number of aliphatic carboxylic acids is 3. The van der Waals surface area contributed by atoms with Gasteiger partial charge in [0.2, 0.25) is 0 Å². The smallest absolute Gasteiger partial charge is 0.335 e. The number of aliphatic hydroxyl groups is 5. The molecule has 8 N–H and O–H groups in total. The third kappa shape index (κ3) is 6.25. The number of carbonyl (C=O) groups is 4. The number of carboxylic acid groups (broad SMARTS) is 3. The van der Waals surface area contributed by atoms with Crippen LogP contribution in [-0.2, 0) is 38.1 Å². The van der Waals surface area contributed by atoms with Gasteiger partial charge in [0.15, 0.2) is 30.6 Å². The molecule has 2 aliphatic heterocycles. The van der Waals surface area contributed by atoms with E-state index >= 15 is 0 Å². The Bertz CT molecular complexity index is 1730. The van der Waals surface area contributed by atoms with Crippen molar-refractivity contribution in [3.05, 3.63) is 11.6 Å². The zero-order valence-electron chi connectivity index (χ0n) is 34.4. The fourth-order valence-corrected chi connectivity index (χ4v) is 13.4. The van der Waals surface area contributed by atoms with Crippen LogP contribution in [0.2, 0.25) is 0 Å². The van der Waals surface area contributed by atoms with E-state index in [0.29, 0.717) is 25.7 Å². The van der Waals surface area contributed by atoms with Gasteiger partial charge in [0.1, 0.15) is 36.6 Å². The van der Waals surface area contributed by atoms with E-state index in [4.69, 9.17) is 18.9 Å². The number of hydrogen-bond acceptors (Lipinski definition) is 13. The highest BCUT2D eigenvalue weighted by Crippen LogP contribution is 2.75. The number of hydrogen-bond donors (Lipinski definition) is 8. The average molecular weight is 823 g/mol. The van der Waals surface area contributed by atoms with E-state index in [1.807, 2.05) is 26.8 Å². The summed E-state index contributed by atoms with van der Waals surface area (Å²) < 4.78 is 23.4. The van der Waals surface area contributed by atoms with Gasteiger partial charge in [-0.1, -0.05) is 47.1 Å². The van der Waals surface area contributed by atoms with Crippen molar-refractivity contribution < 1.29 is 79.0 Å². The Kier molecular flexibility index (Phi) is 10.7. The molecule has 58 heavy (non-hydrogen) atoms. The molecule has 2 heterocycles. The van der Waals surface area contributed by atoms with Crippen LogP contribution in [0.5, 0.6) is 0 Å². The standard InChI is InChI=1S/C42H62O16/c1-37(2)21-8-11-42(7)31(20(43)16-18-19-17-39(4,36(53)54)13-12-38(19,3)14-15-41(18,42)6)40(21,5)10-9-22(37)55-35-30(26(47)25(46)29(57-35)33(51)52)58-34-27(48)23(44)24(45)28(56-34)32(49)50/h16,19,21-31,34-35,44-48H,8-15,17H2,1-7H3,(H,49,50)(H,51,52)(H,53,54)/t19-,21-,22-,23-,24-,25-,26-,27+,28-,29-,30?,31+,34-,35-,38+,39-,40-,41+,42+/m0/s1. The SMILES string of the molecule is CC1(C)[C@@H](O[C@H]2O[C@H](C(=O)O)[C@@H](O)[C@H](O)C2O[C@@H]2O[C@H](C(=O)O)[C@@H](O)[C@H](O)[C@H]2O)CC[C@]2(C)[C@H]3C(=O)C=C4[C@@H]5C[C@@](C)(C(=O)O)CC[C@]5(C)CC[C@@]4(C)[C@]3(C)CC[C@@H]12. The first-order chi connectivity index (χ1) is 26.8. The Morgan fingerprint density at radius 3 is 1.88 bits per heavy atom. The van der Waals surface area contributed by atoms with E-state index in [0.717, 1.165) is 37.7 Å². The van der Waals surface area contributed by atoms with Gasteiger partial charge in [-0.05, 0) is 110 Å². The number of rotatable bonds is 7. The predicted octanol–water partition coefficient (Wildman–Crippen LogP) is 2.25. The van der Waals surface area contributed by atoms with E-state index in [1.165, 1.54) is 0 Å². The summed E-state index contributed by atoms with van der Waals surface area (Å²) in [6, 6.07) is 0. The fourth-order valence-electron chi connectivity index (χ4n) is 13.4. The molecule has 5 aliphatic carbocycles. The van der Waals surface area contributed by atoms with Gasteiger partial charge in [0.25, 0.3) is 0 Å². The third-order valence-corrected chi connectivity index (χ3v) is 17.2. The Hall–Kier alpha value is -2.54. The molecule has 6 fully saturated rings. The first-order valence-electron chi connectivity index (χ1n) is 20.7. The van der Waals surface area contributed by atoms with Crippen LogP contribution in [0.4, 0.5) is 0 Å². The maximum Gasteiger partial charge on any atom is 0.335 e. The monoisotopic (exact) mass is 822 g/mol. The van der Waals surface area contributed by atoms with E-state index in [1.54, 1.807) is 0 Å². The largest absolute Gasteiger partial charge is 0.481 e. The highest BCUT2D eigenvalue weighted by atomic mass is 16.8. The molecular formula is C42H62O16. The molecule has 0 radical (unpaired) electrons. The van der Waals surface area contributed by atoms with Crippen molar-refractivity contribution in [2.75, 3.05) is 0 Å². The van der Waals surface area contributed by atoms with Gasteiger partial charge in [0, 0.05) is 5.92 Å². The molecule has 1 unspecified atom stereocenters. The fraction of sp³-hybridized carbons (Fsp3) is 0.857. The highest BCUT2D eigenvalue weighted by molar-refractivity contribution is 5.95. The van der Waals surface area contributed by atoms with E-state index in [2.05, 4.69) is 27.7 Å². The number of ether oxygens (including phenoxy) is 4.